The molecule has 1 N–H and O–H groups in total. The van der Waals surface area contributed by atoms with Crippen molar-refractivity contribution < 1.29 is 4.39 Å². The molecule has 2 nitrogen and oxygen atoms in total. The van der Waals surface area contributed by atoms with Crippen molar-refractivity contribution in [2.75, 3.05) is 18.0 Å². The van der Waals surface area contributed by atoms with Crippen LogP contribution in [0.2, 0.25) is 0 Å². The van der Waals surface area contributed by atoms with Crippen LogP contribution < -0.4 is 10.2 Å². The fraction of sp³-hybridized carbons (Fsp3) is 0.538. The maximum Gasteiger partial charge on any atom is 0.125 e. The van der Waals surface area contributed by atoms with E-state index in [2.05, 4.69) is 24.1 Å². The molecule has 0 aliphatic carbocycles. The molecule has 0 aromatic heterocycles. The molecule has 3 heteroatoms. The third kappa shape index (κ3) is 2.19. The van der Waals surface area contributed by atoms with Crippen molar-refractivity contribution in [2.24, 2.45) is 0 Å². The summed E-state index contributed by atoms with van der Waals surface area (Å²) < 4.78 is 13.3. The maximum atomic E-state index is 13.3. The first-order valence-corrected chi connectivity index (χ1v) is 5.84. The monoisotopic (exact) mass is 222 g/mol. The van der Waals surface area contributed by atoms with Gasteiger partial charge >= 0.3 is 0 Å². The lowest BCUT2D eigenvalue weighted by molar-refractivity contribution is 0.424. The highest BCUT2D eigenvalue weighted by Crippen LogP contribution is 2.24. The third-order valence-electron chi connectivity index (χ3n) is 3.24. The van der Waals surface area contributed by atoms with Gasteiger partial charge in [-0.05, 0) is 38.5 Å². The van der Waals surface area contributed by atoms with Crippen molar-refractivity contribution in [1.29, 1.82) is 0 Å². The molecular weight excluding hydrogens is 203 g/mol. The number of hydrogen-bond donors (Lipinski definition) is 1. The average molecular weight is 222 g/mol. The fourth-order valence-corrected chi connectivity index (χ4v) is 2.25. The van der Waals surface area contributed by atoms with Crippen molar-refractivity contribution in [3.8, 4) is 0 Å². The molecule has 0 radical (unpaired) electrons. The number of anilines is 1. The minimum atomic E-state index is -0.154. The van der Waals surface area contributed by atoms with Crippen molar-refractivity contribution >= 4 is 5.69 Å². The number of hydrogen-bond acceptors (Lipinski definition) is 2. The summed E-state index contributed by atoms with van der Waals surface area (Å²) in [6.07, 6.45) is 0. The smallest absolute Gasteiger partial charge is 0.125 e. The van der Waals surface area contributed by atoms with E-state index in [9.17, 15) is 4.39 Å². The molecule has 0 spiro atoms. The Morgan fingerprint density at radius 3 is 2.88 bits per heavy atom. The van der Waals surface area contributed by atoms with Crippen LogP contribution in [-0.4, -0.2) is 25.2 Å². The number of nitrogens with zero attached hydrogens (tertiary/aromatic N) is 1. The summed E-state index contributed by atoms with van der Waals surface area (Å²) in [5, 5.41) is 3.43. The third-order valence-corrected chi connectivity index (χ3v) is 3.24. The predicted molar refractivity (Wildman–Crippen MR) is 65.4 cm³/mol. The van der Waals surface area contributed by atoms with Gasteiger partial charge in [0.2, 0.25) is 0 Å². The quantitative estimate of drug-likeness (QED) is 0.784. The molecule has 0 bridgehead atoms. The Morgan fingerprint density at radius 1 is 1.38 bits per heavy atom. The van der Waals surface area contributed by atoms with Gasteiger partial charge in [0.25, 0.3) is 0 Å². The number of nitrogens with one attached hydrogen (secondary N) is 1. The molecule has 1 aliphatic rings. The Bertz CT molecular complexity index is 378. The minimum absolute atomic E-state index is 0.154. The molecule has 0 saturated carbocycles. The highest BCUT2D eigenvalue weighted by molar-refractivity contribution is 5.54. The van der Waals surface area contributed by atoms with Crippen LogP contribution in [0.25, 0.3) is 0 Å². The lowest BCUT2D eigenvalue weighted by Crippen LogP contribution is -2.54. The highest BCUT2D eigenvalue weighted by atomic mass is 19.1. The highest BCUT2D eigenvalue weighted by Gasteiger charge is 2.23. The number of benzene rings is 1. The number of piperazine rings is 1. The summed E-state index contributed by atoms with van der Waals surface area (Å²) in [5.74, 6) is -0.154. The number of rotatable bonds is 1. The standard InChI is InChI=1S/C13H19FN2/c1-9-4-5-12(14)6-13(9)16-8-10(2)15-7-11(16)3/h4-6,10-11,15H,7-8H2,1-3H3. The summed E-state index contributed by atoms with van der Waals surface area (Å²) in [5.41, 5.74) is 2.17. The van der Waals surface area contributed by atoms with E-state index >= 15 is 0 Å². The van der Waals surface area contributed by atoms with Gasteiger partial charge in [0.1, 0.15) is 5.82 Å². The van der Waals surface area contributed by atoms with Gasteiger partial charge in [0.15, 0.2) is 0 Å². The van der Waals surface area contributed by atoms with Gasteiger partial charge in [-0.3, -0.25) is 0 Å². The first-order valence-electron chi connectivity index (χ1n) is 5.84. The molecule has 1 heterocycles. The van der Waals surface area contributed by atoms with Gasteiger partial charge in [0, 0.05) is 30.9 Å². The van der Waals surface area contributed by atoms with Gasteiger partial charge in [0.05, 0.1) is 0 Å². The summed E-state index contributed by atoms with van der Waals surface area (Å²) in [7, 11) is 0. The second-order valence-electron chi connectivity index (χ2n) is 4.74. The normalized spacial score (nSPS) is 25.9. The van der Waals surface area contributed by atoms with Crippen LogP contribution in [0.5, 0.6) is 0 Å². The minimum Gasteiger partial charge on any atom is -0.366 e. The van der Waals surface area contributed by atoms with E-state index in [4.69, 9.17) is 0 Å². The fourth-order valence-electron chi connectivity index (χ4n) is 2.25. The second kappa shape index (κ2) is 4.42. The van der Waals surface area contributed by atoms with E-state index in [0.29, 0.717) is 12.1 Å². The topological polar surface area (TPSA) is 15.3 Å². The second-order valence-corrected chi connectivity index (χ2v) is 4.74. The zero-order valence-corrected chi connectivity index (χ0v) is 10.1. The van der Waals surface area contributed by atoms with Crippen molar-refractivity contribution in [2.45, 2.75) is 32.9 Å². The average Bonchev–Trinajstić information content (AvgIpc) is 2.25. The molecule has 2 unspecified atom stereocenters. The van der Waals surface area contributed by atoms with E-state index < -0.39 is 0 Å². The van der Waals surface area contributed by atoms with Crippen molar-refractivity contribution in [3.63, 3.8) is 0 Å². The zero-order valence-electron chi connectivity index (χ0n) is 10.1. The zero-order chi connectivity index (χ0) is 11.7. The molecular formula is C13H19FN2. The molecule has 2 rings (SSSR count). The summed E-state index contributed by atoms with van der Waals surface area (Å²) in [6, 6.07) is 5.89. The van der Waals surface area contributed by atoms with Gasteiger partial charge < -0.3 is 10.2 Å². The first-order chi connectivity index (χ1) is 7.58. The molecule has 2 atom stereocenters. The van der Waals surface area contributed by atoms with Crippen LogP contribution in [0.15, 0.2) is 18.2 Å². The summed E-state index contributed by atoms with van der Waals surface area (Å²) in [4.78, 5) is 2.29. The van der Waals surface area contributed by atoms with E-state index in [1.165, 1.54) is 6.07 Å². The Kier molecular flexibility index (Phi) is 3.15. The molecule has 1 fully saturated rings. The van der Waals surface area contributed by atoms with Crippen LogP contribution >= 0.6 is 0 Å². The van der Waals surface area contributed by atoms with Gasteiger partial charge in [-0.1, -0.05) is 6.07 Å². The van der Waals surface area contributed by atoms with E-state index in [1.54, 1.807) is 6.07 Å². The summed E-state index contributed by atoms with van der Waals surface area (Å²) >= 11 is 0. The number of halogens is 1. The molecule has 88 valence electrons. The van der Waals surface area contributed by atoms with E-state index in [1.807, 2.05) is 13.0 Å². The molecule has 16 heavy (non-hydrogen) atoms. The Morgan fingerprint density at radius 2 is 2.12 bits per heavy atom. The van der Waals surface area contributed by atoms with Crippen LogP contribution in [0.4, 0.5) is 10.1 Å². The largest absolute Gasteiger partial charge is 0.366 e. The van der Waals surface area contributed by atoms with Crippen LogP contribution in [0.1, 0.15) is 19.4 Å². The maximum absolute atomic E-state index is 13.3. The molecule has 1 aromatic rings. The van der Waals surface area contributed by atoms with Crippen LogP contribution in [0.3, 0.4) is 0 Å². The summed E-state index contributed by atoms with van der Waals surface area (Å²) in [6.45, 7) is 8.26. The molecule has 1 aromatic carbocycles. The van der Waals surface area contributed by atoms with Crippen LogP contribution in [-0.2, 0) is 0 Å². The molecule has 1 saturated heterocycles. The van der Waals surface area contributed by atoms with Crippen molar-refractivity contribution in [3.05, 3.63) is 29.6 Å². The van der Waals surface area contributed by atoms with Crippen LogP contribution in [0, 0.1) is 12.7 Å². The first kappa shape index (κ1) is 11.4. The predicted octanol–water partition coefficient (Wildman–Crippen LogP) is 2.32. The number of aryl methyl sites for hydroxylation is 1. The SMILES string of the molecule is Cc1ccc(F)cc1N1CC(C)NCC1C. The Hall–Kier alpha value is -1.09. The lowest BCUT2D eigenvalue weighted by atomic mass is 10.1. The van der Waals surface area contributed by atoms with E-state index in [-0.39, 0.29) is 5.82 Å². The van der Waals surface area contributed by atoms with Gasteiger partial charge in [-0.25, -0.2) is 4.39 Å². The van der Waals surface area contributed by atoms with Crippen molar-refractivity contribution in [1.82, 2.24) is 5.32 Å². The van der Waals surface area contributed by atoms with Gasteiger partial charge in [-0.2, -0.15) is 0 Å². The lowest BCUT2D eigenvalue weighted by Gasteiger charge is -2.40. The molecule has 0 amide bonds. The Balaban J connectivity index is 2.30. The Labute approximate surface area is 96.5 Å². The van der Waals surface area contributed by atoms with Gasteiger partial charge in [-0.15, -0.1) is 0 Å². The molecule has 1 aliphatic heterocycles. The van der Waals surface area contributed by atoms with E-state index in [0.717, 1.165) is 24.3 Å².